The van der Waals surface area contributed by atoms with Crippen molar-refractivity contribution in [3.8, 4) is 11.5 Å². The first kappa shape index (κ1) is 24.3. The molecule has 9 heteroatoms. The Kier molecular flexibility index (Phi) is 7.36. The Hall–Kier alpha value is -3.85. The molecule has 2 heterocycles. The smallest absolute Gasteiger partial charge is 0.338 e. The van der Waals surface area contributed by atoms with Gasteiger partial charge in [0.15, 0.2) is 24.2 Å². The highest BCUT2D eigenvalue weighted by atomic mass is 16.5. The minimum Gasteiger partial charge on any atom is -0.493 e. The van der Waals surface area contributed by atoms with Crippen LogP contribution in [0.3, 0.4) is 0 Å². The number of ether oxygens (including phenoxy) is 4. The van der Waals surface area contributed by atoms with Crippen molar-refractivity contribution in [2.24, 2.45) is 0 Å². The van der Waals surface area contributed by atoms with E-state index >= 15 is 0 Å². The van der Waals surface area contributed by atoms with E-state index in [1.807, 2.05) is 31.2 Å². The molecule has 2 aromatic carbocycles. The number of amides is 1. The van der Waals surface area contributed by atoms with Crippen molar-refractivity contribution in [1.29, 1.82) is 0 Å². The molecule has 1 aliphatic rings. The van der Waals surface area contributed by atoms with Crippen molar-refractivity contribution in [3.05, 3.63) is 59.3 Å². The van der Waals surface area contributed by atoms with E-state index in [2.05, 4.69) is 4.98 Å². The number of aromatic amines is 1. The van der Waals surface area contributed by atoms with Gasteiger partial charge in [0.1, 0.15) is 0 Å². The number of ketones is 1. The zero-order valence-electron chi connectivity index (χ0n) is 20.0. The Morgan fingerprint density at radius 1 is 1.09 bits per heavy atom. The van der Waals surface area contributed by atoms with E-state index in [0.717, 1.165) is 10.9 Å². The SMILES string of the molecule is COc1cc(C(=O)O[C@H](C)C(=O)c2c(C)[nH]c3ccccc23)ccc1OCC(=O)N1CCOCC1. The van der Waals surface area contributed by atoms with E-state index in [1.54, 1.807) is 17.9 Å². The highest BCUT2D eigenvalue weighted by molar-refractivity contribution is 6.11. The number of carbonyl (C=O) groups excluding carboxylic acids is 3. The number of morpholine rings is 1. The molecular weight excluding hydrogens is 452 g/mol. The summed E-state index contributed by atoms with van der Waals surface area (Å²) in [6.07, 6.45) is -0.992. The minimum absolute atomic E-state index is 0.154. The van der Waals surface area contributed by atoms with Crippen molar-refractivity contribution >= 4 is 28.6 Å². The Labute approximate surface area is 202 Å². The number of rotatable bonds is 8. The van der Waals surface area contributed by atoms with E-state index < -0.39 is 12.1 Å². The van der Waals surface area contributed by atoms with Crippen LogP contribution in [0.5, 0.6) is 11.5 Å². The zero-order valence-corrected chi connectivity index (χ0v) is 20.0. The molecule has 9 nitrogen and oxygen atoms in total. The van der Waals surface area contributed by atoms with Gasteiger partial charge >= 0.3 is 5.97 Å². The number of para-hydroxylation sites is 1. The molecule has 0 bridgehead atoms. The maximum atomic E-state index is 13.1. The quantitative estimate of drug-likeness (QED) is 0.390. The first-order chi connectivity index (χ1) is 16.9. The predicted octanol–water partition coefficient (Wildman–Crippen LogP) is 3.15. The fourth-order valence-electron chi connectivity index (χ4n) is 4.04. The molecule has 1 aromatic heterocycles. The fourth-order valence-corrected chi connectivity index (χ4v) is 4.04. The monoisotopic (exact) mass is 480 g/mol. The molecule has 1 aliphatic heterocycles. The summed E-state index contributed by atoms with van der Waals surface area (Å²) in [6.45, 7) is 5.27. The maximum absolute atomic E-state index is 13.1. The summed E-state index contributed by atoms with van der Waals surface area (Å²) >= 11 is 0. The number of Topliss-reactive ketones (excluding diaryl/α,β-unsaturated/α-hetero) is 1. The van der Waals surface area contributed by atoms with Gasteiger partial charge in [-0.3, -0.25) is 9.59 Å². The molecule has 1 saturated heterocycles. The molecule has 1 atom stereocenters. The molecule has 184 valence electrons. The number of nitrogens with zero attached hydrogens (tertiary/aromatic N) is 1. The average molecular weight is 481 g/mol. The summed E-state index contributed by atoms with van der Waals surface area (Å²) < 4.78 is 21.7. The van der Waals surface area contributed by atoms with E-state index in [0.29, 0.717) is 43.3 Å². The van der Waals surface area contributed by atoms with Crippen LogP contribution in [0.15, 0.2) is 42.5 Å². The lowest BCUT2D eigenvalue weighted by Crippen LogP contribution is -2.43. The number of methoxy groups -OCH3 is 1. The highest BCUT2D eigenvalue weighted by Crippen LogP contribution is 2.29. The molecule has 35 heavy (non-hydrogen) atoms. The molecule has 0 radical (unpaired) electrons. The van der Waals surface area contributed by atoms with Crippen LogP contribution in [0.25, 0.3) is 10.9 Å². The lowest BCUT2D eigenvalue weighted by molar-refractivity contribution is -0.137. The van der Waals surface area contributed by atoms with Gasteiger partial charge in [-0.2, -0.15) is 0 Å². The number of aryl methyl sites for hydroxylation is 1. The lowest BCUT2D eigenvalue weighted by Gasteiger charge is -2.26. The first-order valence-electron chi connectivity index (χ1n) is 11.4. The molecular formula is C26H28N2O7. The molecule has 1 fully saturated rings. The highest BCUT2D eigenvalue weighted by Gasteiger charge is 2.25. The van der Waals surface area contributed by atoms with Gasteiger partial charge in [0.05, 0.1) is 25.9 Å². The number of carbonyl (C=O) groups is 3. The van der Waals surface area contributed by atoms with Gasteiger partial charge in [0.25, 0.3) is 5.91 Å². The third-order valence-electron chi connectivity index (χ3n) is 5.91. The second-order valence-electron chi connectivity index (χ2n) is 8.23. The Morgan fingerprint density at radius 3 is 2.57 bits per heavy atom. The van der Waals surface area contributed by atoms with Crippen LogP contribution < -0.4 is 9.47 Å². The molecule has 0 spiro atoms. The van der Waals surface area contributed by atoms with Crippen LogP contribution in [0.1, 0.15) is 33.3 Å². The Bertz CT molecular complexity index is 1240. The molecule has 1 amide bonds. The summed E-state index contributed by atoms with van der Waals surface area (Å²) in [5.41, 5.74) is 2.27. The van der Waals surface area contributed by atoms with E-state index in [4.69, 9.17) is 18.9 Å². The second-order valence-corrected chi connectivity index (χ2v) is 8.23. The number of fused-ring (bicyclic) bond motifs is 1. The zero-order chi connectivity index (χ0) is 24.9. The third-order valence-corrected chi connectivity index (χ3v) is 5.91. The van der Waals surface area contributed by atoms with Crippen molar-refractivity contribution < 1.29 is 33.3 Å². The van der Waals surface area contributed by atoms with Crippen LogP contribution in [0.4, 0.5) is 0 Å². The molecule has 0 unspecified atom stereocenters. The summed E-state index contributed by atoms with van der Waals surface area (Å²) in [7, 11) is 1.44. The predicted molar refractivity (Wildman–Crippen MR) is 128 cm³/mol. The van der Waals surface area contributed by atoms with E-state index in [-0.39, 0.29) is 29.6 Å². The van der Waals surface area contributed by atoms with Crippen LogP contribution in [0.2, 0.25) is 0 Å². The fraction of sp³-hybridized carbons (Fsp3) is 0.346. The minimum atomic E-state index is -0.992. The Balaban J connectivity index is 1.42. The van der Waals surface area contributed by atoms with Crippen LogP contribution in [-0.4, -0.2) is 73.7 Å². The Morgan fingerprint density at radius 2 is 1.83 bits per heavy atom. The number of benzene rings is 2. The third kappa shape index (κ3) is 5.30. The summed E-state index contributed by atoms with van der Waals surface area (Å²) in [5, 5.41) is 0.785. The van der Waals surface area contributed by atoms with Crippen LogP contribution >= 0.6 is 0 Å². The van der Waals surface area contributed by atoms with Crippen molar-refractivity contribution in [3.63, 3.8) is 0 Å². The number of H-pyrrole nitrogens is 1. The summed E-state index contributed by atoms with van der Waals surface area (Å²) in [5.74, 6) is -0.511. The summed E-state index contributed by atoms with van der Waals surface area (Å²) in [4.78, 5) is 43.0. The largest absolute Gasteiger partial charge is 0.493 e. The maximum Gasteiger partial charge on any atom is 0.338 e. The molecule has 1 N–H and O–H groups in total. The average Bonchev–Trinajstić information content (AvgIpc) is 3.22. The van der Waals surface area contributed by atoms with Crippen LogP contribution in [-0.2, 0) is 14.3 Å². The van der Waals surface area contributed by atoms with Gasteiger partial charge in [-0.1, -0.05) is 18.2 Å². The van der Waals surface area contributed by atoms with Gasteiger partial charge in [0.2, 0.25) is 5.78 Å². The topological polar surface area (TPSA) is 107 Å². The van der Waals surface area contributed by atoms with Crippen LogP contribution in [0, 0.1) is 6.92 Å². The number of hydrogen-bond acceptors (Lipinski definition) is 7. The van der Waals surface area contributed by atoms with Gasteiger partial charge in [-0.15, -0.1) is 0 Å². The lowest BCUT2D eigenvalue weighted by atomic mass is 10.0. The number of aromatic nitrogens is 1. The van der Waals surface area contributed by atoms with Crippen molar-refractivity contribution in [1.82, 2.24) is 9.88 Å². The number of hydrogen-bond donors (Lipinski definition) is 1. The van der Waals surface area contributed by atoms with Gasteiger partial charge in [0, 0.05) is 35.2 Å². The van der Waals surface area contributed by atoms with Gasteiger partial charge < -0.3 is 28.8 Å². The first-order valence-corrected chi connectivity index (χ1v) is 11.4. The van der Waals surface area contributed by atoms with Gasteiger partial charge in [-0.05, 0) is 38.1 Å². The normalized spacial score (nSPS) is 14.4. The second kappa shape index (κ2) is 10.6. The number of esters is 1. The van der Waals surface area contributed by atoms with E-state index in [1.165, 1.54) is 19.2 Å². The number of nitrogens with one attached hydrogen (secondary N) is 1. The molecule has 0 saturated carbocycles. The van der Waals surface area contributed by atoms with E-state index in [9.17, 15) is 14.4 Å². The molecule has 0 aliphatic carbocycles. The van der Waals surface area contributed by atoms with Crippen molar-refractivity contribution in [2.75, 3.05) is 40.0 Å². The molecule has 4 rings (SSSR count). The van der Waals surface area contributed by atoms with Gasteiger partial charge in [-0.25, -0.2) is 4.79 Å². The summed E-state index contributed by atoms with van der Waals surface area (Å²) in [6, 6.07) is 12.0. The molecule has 3 aromatic rings. The van der Waals surface area contributed by atoms with Crippen molar-refractivity contribution in [2.45, 2.75) is 20.0 Å². The standard InChI is InChI=1S/C26H28N2O7/c1-16-24(19-6-4-5-7-20(19)27-16)25(30)17(2)35-26(31)18-8-9-21(22(14-18)32-3)34-15-23(29)28-10-12-33-13-11-28/h4-9,14,17,27H,10-13,15H2,1-3H3/t17-/m1/s1.